The van der Waals surface area contributed by atoms with Gasteiger partial charge in [-0.3, -0.25) is 0 Å². The van der Waals surface area contributed by atoms with Crippen LogP contribution in [0.1, 0.15) is 17.4 Å². The van der Waals surface area contributed by atoms with E-state index in [0.29, 0.717) is 17.0 Å². The molecule has 1 aromatic carbocycles. The fourth-order valence-corrected chi connectivity index (χ4v) is 4.21. The van der Waals surface area contributed by atoms with E-state index in [9.17, 15) is 25.7 Å². The lowest BCUT2D eigenvalue weighted by molar-refractivity contribution is -0.251. The Bertz CT molecular complexity index is 1200. The Morgan fingerprint density at radius 2 is 1.81 bits per heavy atom. The van der Waals surface area contributed by atoms with E-state index >= 15 is 0 Å². The maximum Gasteiger partial charge on any atom is 0.164 e. The van der Waals surface area contributed by atoms with Gasteiger partial charge in [0.2, 0.25) is 0 Å². The Kier molecular flexibility index (Phi) is 6.26. The van der Waals surface area contributed by atoms with Crippen molar-refractivity contribution in [3.05, 3.63) is 64.5 Å². The van der Waals surface area contributed by atoms with Crippen LogP contribution in [0.15, 0.2) is 53.1 Å². The van der Waals surface area contributed by atoms with Crippen molar-refractivity contribution in [3.63, 3.8) is 0 Å². The summed E-state index contributed by atoms with van der Waals surface area (Å²) in [6, 6.07) is 14.7. The number of rotatable bonds is 4. The molecule has 32 heavy (non-hydrogen) atoms. The van der Waals surface area contributed by atoms with Crippen LogP contribution in [-0.4, -0.2) is 56.0 Å². The van der Waals surface area contributed by atoms with Gasteiger partial charge in [0.25, 0.3) is 0 Å². The van der Waals surface area contributed by atoms with Crippen molar-refractivity contribution in [1.29, 1.82) is 5.26 Å². The van der Waals surface area contributed by atoms with E-state index < -0.39 is 37.3 Å². The molecule has 0 unspecified atom stereocenters. The number of nitriles is 1. The summed E-state index contributed by atoms with van der Waals surface area (Å²) in [4.78, 5) is 0. The number of hydrogen-bond acceptors (Lipinski definition) is 8. The number of furan rings is 1. The van der Waals surface area contributed by atoms with Crippen molar-refractivity contribution in [3.8, 4) is 28.7 Å². The first-order valence-corrected chi connectivity index (χ1v) is 10.4. The monoisotopic (exact) mass is 454 g/mol. The molecule has 1 saturated heterocycles. The third kappa shape index (κ3) is 3.78. The normalized spacial score (nSPS) is 25.4. The Hall–Kier alpha value is -2.84. The van der Waals surface area contributed by atoms with Gasteiger partial charge in [0.15, 0.2) is 6.23 Å². The van der Waals surface area contributed by atoms with Crippen LogP contribution in [-0.2, 0) is 4.74 Å². The van der Waals surface area contributed by atoms with Crippen molar-refractivity contribution in [2.75, 3.05) is 6.61 Å². The van der Waals surface area contributed by atoms with E-state index in [-0.39, 0.29) is 10.2 Å². The van der Waals surface area contributed by atoms with Gasteiger partial charge in [-0.1, -0.05) is 42.0 Å². The maximum absolute atomic E-state index is 10.7. The van der Waals surface area contributed by atoms with Gasteiger partial charge >= 0.3 is 0 Å². The van der Waals surface area contributed by atoms with Gasteiger partial charge in [-0.25, -0.2) is 0 Å². The summed E-state index contributed by atoms with van der Waals surface area (Å²) in [6.45, 7) is 1.37. The van der Waals surface area contributed by atoms with E-state index in [4.69, 9.17) is 21.4 Å². The van der Waals surface area contributed by atoms with Gasteiger partial charge in [0.1, 0.15) is 40.9 Å². The third-order valence-corrected chi connectivity index (χ3v) is 6.01. The van der Waals surface area contributed by atoms with Crippen LogP contribution in [0.3, 0.4) is 0 Å². The second-order valence-electron chi connectivity index (χ2n) is 7.67. The highest BCUT2D eigenvalue weighted by atomic mass is 32.1. The molecule has 5 atom stereocenters. The third-order valence-electron chi connectivity index (χ3n) is 5.61. The Labute approximate surface area is 189 Å². The fourth-order valence-electron chi connectivity index (χ4n) is 3.85. The van der Waals surface area contributed by atoms with E-state index in [0.717, 1.165) is 11.1 Å². The van der Waals surface area contributed by atoms with Gasteiger partial charge in [-0.15, -0.1) is 0 Å². The standard InChI is InChI=1S/C23H22N2O6S/c1-12-4-6-13(7-5-12)16-9-14(17-3-2-8-30-17)15(10-24)23(32)25(16)22-21(29)20(28)19(27)18(11-26)31-22/h2-9,18-22,26-29H,11H2,1H3/t18-,19+,20+,21-,22-/m1/s1. The van der Waals surface area contributed by atoms with Gasteiger partial charge < -0.3 is 34.1 Å². The molecule has 1 aliphatic heterocycles. The van der Waals surface area contributed by atoms with Crippen molar-refractivity contribution >= 4 is 12.2 Å². The van der Waals surface area contributed by atoms with Crippen LogP contribution in [0, 0.1) is 22.9 Å². The topological polar surface area (TPSA) is 132 Å². The molecule has 2 aromatic heterocycles. The number of benzene rings is 1. The molecule has 0 spiro atoms. The first-order chi connectivity index (χ1) is 15.4. The first kappa shape index (κ1) is 22.4. The van der Waals surface area contributed by atoms with Gasteiger partial charge in [0, 0.05) is 5.56 Å². The molecule has 0 saturated carbocycles. The number of aryl methyl sites for hydroxylation is 1. The molecule has 0 bridgehead atoms. The molecular formula is C23H22N2O6S. The number of ether oxygens (including phenoxy) is 1. The van der Waals surface area contributed by atoms with Crippen LogP contribution < -0.4 is 0 Å². The molecule has 8 nitrogen and oxygen atoms in total. The molecule has 9 heteroatoms. The van der Waals surface area contributed by atoms with Crippen molar-refractivity contribution < 1.29 is 29.6 Å². The van der Waals surface area contributed by atoms with Crippen molar-refractivity contribution in [2.45, 2.75) is 37.6 Å². The molecule has 3 aromatic rings. The summed E-state index contributed by atoms with van der Waals surface area (Å²) in [7, 11) is 0. The van der Waals surface area contributed by atoms with E-state index in [1.165, 1.54) is 10.8 Å². The SMILES string of the molecule is Cc1ccc(-c2cc(-c3ccco3)c(C#N)c(=S)n2[C@@H]2O[C@H](CO)[C@H](O)[C@H](O)[C@H]2O)cc1. The lowest BCUT2D eigenvalue weighted by Crippen LogP contribution is -2.56. The second-order valence-corrected chi connectivity index (χ2v) is 8.05. The summed E-state index contributed by atoms with van der Waals surface area (Å²) in [6.07, 6.45) is -5.56. The summed E-state index contributed by atoms with van der Waals surface area (Å²) in [5.74, 6) is 0.446. The van der Waals surface area contributed by atoms with Crippen LogP contribution in [0.25, 0.3) is 22.6 Å². The van der Waals surface area contributed by atoms with E-state index in [1.54, 1.807) is 18.2 Å². The van der Waals surface area contributed by atoms with Gasteiger partial charge in [-0.2, -0.15) is 5.26 Å². The first-order valence-electron chi connectivity index (χ1n) is 9.98. The van der Waals surface area contributed by atoms with Crippen LogP contribution in [0.4, 0.5) is 0 Å². The number of aliphatic hydroxyl groups is 4. The molecule has 1 aliphatic rings. The minimum atomic E-state index is -1.59. The average Bonchev–Trinajstić information content (AvgIpc) is 3.33. The zero-order chi connectivity index (χ0) is 23.0. The largest absolute Gasteiger partial charge is 0.464 e. The molecule has 4 rings (SSSR count). The molecule has 3 heterocycles. The lowest BCUT2D eigenvalue weighted by Gasteiger charge is -2.41. The van der Waals surface area contributed by atoms with Crippen molar-refractivity contribution in [2.24, 2.45) is 0 Å². The molecule has 0 aliphatic carbocycles. The minimum Gasteiger partial charge on any atom is -0.464 e. The summed E-state index contributed by atoms with van der Waals surface area (Å²) in [5.41, 5.74) is 2.86. The molecule has 166 valence electrons. The van der Waals surface area contributed by atoms with Crippen LogP contribution >= 0.6 is 12.2 Å². The number of aliphatic hydroxyl groups excluding tert-OH is 4. The molecule has 1 fully saturated rings. The summed E-state index contributed by atoms with van der Waals surface area (Å²) >= 11 is 5.64. The van der Waals surface area contributed by atoms with Crippen LogP contribution in [0.5, 0.6) is 0 Å². The molecular weight excluding hydrogens is 432 g/mol. The summed E-state index contributed by atoms with van der Waals surface area (Å²) in [5, 5.41) is 50.7. The fraction of sp³-hybridized carbons (Fsp3) is 0.304. The smallest absolute Gasteiger partial charge is 0.164 e. The predicted molar refractivity (Wildman–Crippen MR) is 117 cm³/mol. The van der Waals surface area contributed by atoms with Crippen molar-refractivity contribution in [1.82, 2.24) is 4.57 Å². The van der Waals surface area contributed by atoms with Crippen LogP contribution in [0.2, 0.25) is 0 Å². The highest BCUT2D eigenvalue weighted by molar-refractivity contribution is 7.71. The number of pyridine rings is 1. The number of hydrogen-bond donors (Lipinski definition) is 4. The van der Waals surface area contributed by atoms with E-state index in [1.807, 2.05) is 31.2 Å². The predicted octanol–water partition coefficient (Wildman–Crippen LogP) is 2.30. The quantitative estimate of drug-likeness (QED) is 0.442. The highest BCUT2D eigenvalue weighted by Crippen LogP contribution is 2.37. The zero-order valence-electron chi connectivity index (χ0n) is 17.1. The van der Waals surface area contributed by atoms with Gasteiger partial charge in [0.05, 0.1) is 24.1 Å². The van der Waals surface area contributed by atoms with Gasteiger partial charge in [-0.05, 0) is 30.7 Å². The molecule has 0 amide bonds. The summed E-state index contributed by atoms with van der Waals surface area (Å²) < 4.78 is 12.8. The zero-order valence-corrected chi connectivity index (χ0v) is 17.9. The minimum absolute atomic E-state index is 0.0568. The lowest BCUT2D eigenvalue weighted by atomic mass is 9.96. The van der Waals surface area contributed by atoms with E-state index in [2.05, 4.69) is 6.07 Å². The Morgan fingerprint density at radius 1 is 1.09 bits per heavy atom. The molecule has 4 N–H and O–H groups in total. The number of aromatic nitrogens is 1. The average molecular weight is 455 g/mol. The Morgan fingerprint density at radius 3 is 2.41 bits per heavy atom. The molecule has 0 radical (unpaired) electrons. The second kappa shape index (κ2) is 8.96. The maximum atomic E-state index is 10.7. The highest BCUT2D eigenvalue weighted by Gasteiger charge is 2.45. The Balaban J connectivity index is 2.00. The number of nitrogens with zero attached hydrogens (tertiary/aromatic N) is 2.